The first-order valence-corrected chi connectivity index (χ1v) is 6.34. The second-order valence-electron chi connectivity index (χ2n) is 4.66. The van der Waals surface area contributed by atoms with Crippen LogP contribution in [0.3, 0.4) is 0 Å². The number of carboxylic acids is 1. The summed E-state index contributed by atoms with van der Waals surface area (Å²) in [5.41, 5.74) is 3.97. The number of hydrazine groups is 1. The lowest BCUT2D eigenvalue weighted by atomic mass is 9.98. The van der Waals surface area contributed by atoms with Crippen molar-refractivity contribution in [2.75, 3.05) is 12.5 Å². The van der Waals surface area contributed by atoms with Crippen LogP contribution in [0.15, 0.2) is 18.3 Å². The molecule has 0 spiro atoms. The van der Waals surface area contributed by atoms with Gasteiger partial charge in [0, 0.05) is 12.6 Å². The maximum atomic E-state index is 12.0. The number of nitrogens with one attached hydrogen (secondary N) is 2. The molecule has 1 atom stereocenters. The van der Waals surface area contributed by atoms with Gasteiger partial charge >= 0.3 is 11.9 Å². The number of aromatic carboxylic acids is 1. The minimum atomic E-state index is -1.41. The second kappa shape index (κ2) is 5.88. The number of carbonyl (C=O) groups is 3. The standard InChI is InChI=1S/C13H15N3O5/c1-21-12(20)13(6-2-3-9(13)17)16-15-10-5-4-8(7-14-10)11(18)19/h4-5,7,16H,2-3,6H2,1H3,(H,14,15)(H,18,19). The van der Waals surface area contributed by atoms with E-state index in [1.165, 1.54) is 25.4 Å². The largest absolute Gasteiger partial charge is 0.478 e. The Kier molecular flexibility index (Phi) is 4.18. The monoisotopic (exact) mass is 293 g/mol. The summed E-state index contributed by atoms with van der Waals surface area (Å²) in [4.78, 5) is 38.4. The van der Waals surface area contributed by atoms with E-state index < -0.39 is 17.5 Å². The molecule has 8 nitrogen and oxygen atoms in total. The molecule has 0 amide bonds. The average Bonchev–Trinajstić information content (AvgIpc) is 2.87. The van der Waals surface area contributed by atoms with Crippen molar-refractivity contribution in [1.29, 1.82) is 0 Å². The zero-order valence-electron chi connectivity index (χ0n) is 11.4. The van der Waals surface area contributed by atoms with E-state index in [1.807, 2.05) is 0 Å². The smallest absolute Gasteiger partial charge is 0.337 e. The van der Waals surface area contributed by atoms with Crippen molar-refractivity contribution in [2.45, 2.75) is 24.8 Å². The van der Waals surface area contributed by atoms with E-state index in [2.05, 4.69) is 20.6 Å². The van der Waals surface area contributed by atoms with E-state index >= 15 is 0 Å². The van der Waals surface area contributed by atoms with Gasteiger partial charge in [-0.2, -0.15) is 0 Å². The lowest BCUT2D eigenvalue weighted by molar-refractivity contribution is -0.151. The number of rotatable bonds is 5. The molecule has 0 saturated heterocycles. The molecule has 1 aliphatic rings. The highest BCUT2D eigenvalue weighted by Gasteiger charge is 2.49. The van der Waals surface area contributed by atoms with Crippen LogP contribution < -0.4 is 10.9 Å². The molecule has 21 heavy (non-hydrogen) atoms. The number of nitrogens with zero attached hydrogens (tertiary/aromatic N) is 1. The highest BCUT2D eigenvalue weighted by Crippen LogP contribution is 2.27. The number of anilines is 1. The van der Waals surface area contributed by atoms with Crippen LogP contribution in [0.2, 0.25) is 0 Å². The number of aromatic nitrogens is 1. The van der Waals surface area contributed by atoms with Crippen molar-refractivity contribution in [3.05, 3.63) is 23.9 Å². The maximum Gasteiger partial charge on any atom is 0.337 e. The molecule has 0 aromatic carbocycles. The Labute approximate surface area is 120 Å². The van der Waals surface area contributed by atoms with Gasteiger partial charge in [0.25, 0.3) is 0 Å². The van der Waals surface area contributed by atoms with Gasteiger partial charge in [0.15, 0.2) is 11.3 Å². The lowest BCUT2D eigenvalue weighted by Gasteiger charge is -2.26. The first-order valence-electron chi connectivity index (χ1n) is 6.34. The Morgan fingerprint density at radius 2 is 2.19 bits per heavy atom. The molecular weight excluding hydrogens is 278 g/mol. The quantitative estimate of drug-likeness (QED) is 0.404. The van der Waals surface area contributed by atoms with Crippen molar-refractivity contribution in [2.24, 2.45) is 0 Å². The molecule has 112 valence electrons. The van der Waals surface area contributed by atoms with Gasteiger partial charge in [-0.25, -0.2) is 20.0 Å². The molecular formula is C13H15N3O5. The first-order chi connectivity index (χ1) is 9.99. The number of pyridine rings is 1. The molecule has 0 aliphatic heterocycles. The third-order valence-corrected chi connectivity index (χ3v) is 3.38. The van der Waals surface area contributed by atoms with Crippen molar-refractivity contribution in [3.63, 3.8) is 0 Å². The number of ether oxygens (including phenoxy) is 1. The van der Waals surface area contributed by atoms with Crippen LogP contribution in [0, 0.1) is 0 Å². The summed E-state index contributed by atoms with van der Waals surface area (Å²) >= 11 is 0. The van der Waals surface area contributed by atoms with E-state index in [9.17, 15) is 14.4 Å². The zero-order valence-corrected chi connectivity index (χ0v) is 11.4. The minimum Gasteiger partial charge on any atom is -0.478 e. The van der Waals surface area contributed by atoms with Gasteiger partial charge in [0.05, 0.1) is 12.7 Å². The summed E-state index contributed by atoms with van der Waals surface area (Å²) in [6.07, 6.45) is 2.40. The number of Topliss-reactive ketones (excluding diaryl/α,β-unsaturated/α-hetero) is 1. The van der Waals surface area contributed by atoms with Crippen LogP contribution >= 0.6 is 0 Å². The second-order valence-corrected chi connectivity index (χ2v) is 4.66. The van der Waals surface area contributed by atoms with Crippen molar-refractivity contribution >= 4 is 23.5 Å². The summed E-state index contributed by atoms with van der Waals surface area (Å²) < 4.78 is 4.69. The van der Waals surface area contributed by atoms with Crippen LogP contribution in [0.1, 0.15) is 29.6 Å². The molecule has 1 aromatic heterocycles. The number of carboxylic acid groups (broad SMARTS) is 1. The third-order valence-electron chi connectivity index (χ3n) is 3.38. The van der Waals surface area contributed by atoms with E-state index in [1.54, 1.807) is 0 Å². The van der Waals surface area contributed by atoms with Crippen LogP contribution in [0.5, 0.6) is 0 Å². The number of esters is 1. The Bertz CT molecular complexity index is 572. The first kappa shape index (κ1) is 14.9. The van der Waals surface area contributed by atoms with Crippen molar-refractivity contribution < 1.29 is 24.2 Å². The fourth-order valence-corrected chi connectivity index (χ4v) is 2.21. The Morgan fingerprint density at radius 1 is 1.43 bits per heavy atom. The predicted octanol–water partition coefficient (Wildman–Crippen LogP) is 0.361. The molecule has 1 fully saturated rings. The third kappa shape index (κ3) is 2.84. The molecule has 1 heterocycles. The number of methoxy groups -OCH3 is 1. The SMILES string of the molecule is COC(=O)C1(NNc2ccc(C(=O)O)cn2)CCCC1=O. The van der Waals surface area contributed by atoms with E-state index in [-0.39, 0.29) is 11.3 Å². The molecule has 0 bridgehead atoms. The number of carbonyl (C=O) groups excluding carboxylic acids is 2. The molecule has 1 unspecified atom stereocenters. The average molecular weight is 293 g/mol. The highest BCUT2D eigenvalue weighted by atomic mass is 16.5. The predicted molar refractivity (Wildman–Crippen MR) is 71.6 cm³/mol. The van der Waals surface area contributed by atoms with Crippen molar-refractivity contribution in [1.82, 2.24) is 10.4 Å². The Balaban J connectivity index is 2.10. The minimum absolute atomic E-state index is 0.0418. The lowest BCUT2D eigenvalue weighted by Crippen LogP contribution is -2.58. The summed E-state index contributed by atoms with van der Waals surface area (Å²) in [5.74, 6) is -1.69. The molecule has 8 heteroatoms. The Hall–Kier alpha value is -2.48. The number of hydrogen-bond acceptors (Lipinski definition) is 7. The fraction of sp³-hybridized carbons (Fsp3) is 0.385. The van der Waals surface area contributed by atoms with Gasteiger partial charge in [0.1, 0.15) is 5.82 Å². The van der Waals surface area contributed by atoms with Crippen LogP contribution in [-0.2, 0) is 14.3 Å². The van der Waals surface area contributed by atoms with Crippen molar-refractivity contribution in [3.8, 4) is 0 Å². The van der Waals surface area contributed by atoms with Gasteiger partial charge in [-0.3, -0.25) is 4.79 Å². The summed E-state index contributed by atoms with van der Waals surface area (Å²) in [6.45, 7) is 0. The zero-order chi connectivity index (χ0) is 15.5. The number of hydrogen-bond donors (Lipinski definition) is 3. The van der Waals surface area contributed by atoms with E-state index in [0.717, 1.165) is 0 Å². The van der Waals surface area contributed by atoms with E-state index in [0.29, 0.717) is 25.1 Å². The van der Waals surface area contributed by atoms with Gasteiger partial charge in [-0.1, -0.05) is 0 Å². The molecule has 1 aromatic rings. The molecule has 1 aliphatic carbocycles. The molecule has 2 rings (SSSR count). The molecule has 3 N–H and O–H groups in total. The normalized spacial score (nSPS) is 21.1. The molecule has 1 saturated carbocycles. The summed E-state index contributed by atoms with van der Waals surface area (Å²) in [7, 11) is 1.22. The highest BCUT2D eigenvalue weighted by molar-refractivity contribution is 6.10. The van der Waals surface area contributed by atoms with E-state index in [4.69, 9.17) is 5.11 Å². The van der Waals surface area contributed by atoms with Gasteiger partial charge in [-0.15, -0.1) is 0 Å². The maximum absolute atomic E-state index is 12.0. The van der Waals surface area contributed by atoms with Crippen LogP contribution in [0.4, 0.5) is 5.82 Å². The fourth-order valence-electron chi connectivity index (χ4n) is 2.21. The summed E-state index contributed by atoms with van der Waals surface area (Å²) in [5, 5.41) is 8.78. The van der Waals surface area contributed by atoms with Gasteiger partial charge in [0.2, 0.25) is 0 Å². The van der Waals surface area contributed by atoms with Crippen LogP contribution in [0.25, 0.3) is 0 Å². The van der Waals surface area contributed by atoms with Gasteiger partial charge < -0.3 is 15.3 Å². The molecule has 0 radical (unpaired) electrons. The number of ketones is 1. The summed E-state index contributed by atoms with van der Waals surface area (Å²) in [6, 6.07) is 2.79. The topological polar surface area (TPSA) is 118 Å². The van der Waals surface area contributed by atoms with Gasteiger partial charge in [-0.05, 0) is 25.0 Å². The Morgan fingerprint density at radius 3 is 2.67 bits per heavy atom. The van der Waals surface area contributed by atoms with Crippen LogP contribution in [-0.4, -0.2) is 40.5 Å².